The average Bonchev–Trinajstić information content (AvgIpc) is 2.69. The van der Waals surface area contributed by atoms with Gasteiger partial charge in [0.15, 0.2) is 5.79 Å². The molecule has 0 atom stereocenters. The van der Waals surface area contributed by atoms with Crippen LogP contribution in [0.3, 0.4) is 0 Å². The zero-order chi connectivity index (χ0) is 19.1. The Balaban J connectivity index is 1.30. The number of hydrogen-bond donors (Lipinski definition) is 0. The van der Waals surface area contributed by atoms with Crippen molar-refractivity contribution in [1.29, 1.82) is 0 Å². The third kappa shape index (κ3) is 5.40. The third-order valence-corrected chi connectivity index (χ3v) is 5.03. The van der Waals surface area contributed by atoms with Crippen LogP contribution in [-0.2, 0) is 20.6 Å². The number of nitrogens with zero attached hydrogens (tertiary/aromatic N) is 2. The van der Waals surface area contributed by atoms with E-state index in [1.165, 1.54) is 12.1 Å². The first-order valence-corrected chi connectivity index (χ1v) is 9.51. The van der Waals surface area contributed by atoms with E-state index < -0.39 is 10.7 Å². The summed E-state index contributed by atoms with van der Waals surface area (Å²) in [6.07, 6.45) is 4.42. The van der Waals surface area contributed by atoms with Gasteiger partial charge in [-0.1, -0.05) is 12.1 Å². The largest absolute Gasteiger partial charge is 0.449 e. The van der Waals surface area contributed by atoms with Gasteiger partial charge >= 0.3 is 6.09 Å². The summed E-state index contributed by atoms with van der Waals surface area (Å²) < 4.78 is 16.9. The van der Waals surface area contributed by atoms with Gasteiger partial charge in [-0.2, -0.15) is 0 Å². The standard InChI is InChI=1S/C19H26N2O6/c22-18(20-11-9-19(10-12-20)26-14-3-15-27-19)25-13-2-1-4-16-5-7-17(8-6-16)21(23)24/h5-8H,1-4,9-15H2. The monoisotopic (exact) mass is 378 g/mol. The average molecular weight is 378 g/mol. The Hall–Kier alpha value is -2.19. The lowest BCUT2D eigenvalue weighted by Gasteiger charge is -2.42. The first-order chi connectivity index (χ1) is 13.1. The van der Waals surface area contributed by atoms with Crippen LogP contribution in [0, 0.1) is 10.1 Å². The Morgan fingerprint density at radius 1 is 1.15 bits per heavy atom. The first kappa shape index (κ1) is 19.6. The molecule has 2 aliphatic heterocycles. The maximum absolute atomic E-state index is 12.2. The van der Waals surface area contributed by atoms with Crippen molar-refractivity contribution in [2.24, 2.45) is 0 Å². The van der Waals surface area contributed by atoms with Crippen molar-refractivity contribution >= 4 is 11.8 Å². The molecule has 1 amide bonds. The van der Waals surface area contributed by atoms with Crippen LogP contribution < -0.4 is 0 Å². The molecule has 27 heavy (non-hydrogen) atoms. The van der Waals surface area contributed by atoms with Gasteiger partial charge in [-0.3, -0.25) is 10.1 Å². The number of likely N-dealkylation sites (tertiary alicyclic amines) is 1. The molecule has 0 N–H and O–H groups in total. The van der Waals surface area contributed by atoms with Gasteiger partial charge in [-0.15, -0.1) is 0 Å². The molecule has 8 heteroatoms. The number of rotatable bonds is 6. The molecule has 148 valence electrons. The molecular weight excluding hydrogens is 352 g/mol. The number of hydrogen-bond acceptors (Lipinski definition) is 6. The van der Waals surface area contributed by atoms with Crippen molar-refractivity contribution in [2.75, 3.05) is 32.9 Å². The number of benzene rings is 1. The summed E-state index contributed by atoms with van der Waals surface area (Å²) in [6.45, 7) is 2.99. The predicted octanol–water partition coefficient (Wildman–Crippen LogP) is 3.28. The Morgan fingerprint density at radius 3 is 2.44 bits per heavy atom. The fraction of sp³-hybridized carbons (Fsp3) is 0.632. The van der Waals surface area contributed by atoms with E-state index in [1.54, 1.807) is 17.0 Å². The predicted molar refractivity (Wildman–Crippen MR) is 97.4 cm³/mol. The van der Waals surface area contributed by atoms with Gasteiger partial charge in [0, 0.05) is 38.1 Å². The second kappa shape index (κ2) is 9.14. The van der Waals surface area contributed by atoms with Gasteiger partial charge in [-0.25, -0.2) is 4.79 Å². The van der Waals surface area contributed by atoms with Crippen LogP contribution >= 0.6 is 0 Å². The van der Waals surface area contributed by atoms with Crippen LogP contribution in [-0.4, -0.2) is 54.6 Å². The van der Waals surface area contributed by atoms with Crippen LogP contribution in [0.1, 0.15) is 37.7 Å². The minimum atomic E-state index is -0.500. The molecule has 0 aromatic heterocycles. The molecule has 2 heterocycles. The van der Waals surface area contributed by atoms with Crippen LogP contribution in [0.2, 0.25) is 0 Å². The van der Waals surface area contributed by atoms with Crippen molar-refractivity contribution in [2.45, 2.75) is 44.3 Å². The number of nitro benzene ring substituents is 1. The molecule has 3 rings (SSSR count). The molecule has 0 radical (unpaired) electrons. The van der Waals surface area contributed by atoms with Crippen molar-refractivity contribution < 1.29 is 23.9 Å². The fourth-order valence-electron chi connectivity index (χ4n) is 3.40. The molecule has 1 aromatic carbocycles. The number of carbonyl (C=O) groups is 1. The fourth-order valence-corrected chi connectivity index (χ4v) is 3.40. The van der Waals surface area contributed by atoms with Gasteiger partial charge in [0.2, 0.25) is 0 Å². The number of unbranched alkanes of at least 4 members (excludes halogenated alkanes) is 1. The van der Waals surface area contributed by atoms with Crippen LogP contribution in [0.15, 0.2) is 24.3 Å². The number of aryl methyl sites for hydroxylation is 1. The molecule has 2 aliphatic rings. The van der Waals surface area contributed by atoms with Crippen molar-refractivity contribution in [3.05, 3.63) is 39.9 Å². The van der Waals surface area contributed by atoms with Gasteiger partial charge in [0.25, 0.3) is 5.69 Å². The van der Waals surface area contributed by atoms with E-state index in [-0.39, 0.29) is 11.8 Å². The Labute approximate surface area is 158 Å². The normalized spacial score (nSPS) is 19.0. The number of ether oxygens (including phenoxy) is 3. The summed E-state index contributed by atoms with van der Waals surface area (Å²) in [5, 5.41) is 10.6. The van der Waals surface area contributed by atoms with E-state index in [9.17, 15) is 14.9 Å². The molecule has 2 saturated heterocycles. The zero-order valence-corrected chi connectivity index (χ0v) is 15.4. The molecular formula is C19H26N2O6. The van der Waals surface area contributed by atoms with Crippen molar-refractivity contribution in [3.63, 3.8) is 0 Å². The molecule has 8 nitrogen and oxygen atoms in total. The number of nitro groups is 1. The number of amides is 1. The highest BCUT2D eigenvalue weighted by molar-refractivity contribution is 5.67. The first-order valence-electron chi connectivity index (χ1n) is 9.51. The molecule has 0 saturated carbocycles. The SMILES string of the molecule is O=C(OCCCCc1ccc([N+](=O)[O-])cc1)N1CCC2(CC1)OCCCO2. The van der Waals surface area contributed by atoms with Gasteiger partial charge in [-0.05, 0) is 31.2 Å². The summed E-state index contributed by atoms with van der Waals surface area (Å²) in [5.74, 6) is -0.500. The highest BCUT2D eigenvalue weighted by atomic mass is 16.7. The molecule has 1 aromatic rings. The summed E-state index contributed by atoms with van der Waals surface area (Å²) in [6, 6.07) is 6.56. The van der Waals surface area contributed by atoms with Gasteiger partial charge in [0.05, 0.1) is 24.7 Å². The number of non-ortho nitro benzene ring substituents is 1. The summed E-state index contributed by atoms with van der Waals surface area (Å²) >= 11 is 0. The van der Waals surface area contributed by atoms with E-state index >= 15 is 0 Å². The van der Waals surface area contributed by atoms with Crippen molar-refractivity contribution in [3.8, 4) is 0 Å². The molecule has 2 fully saturated rings. The van der Waals surface area contributed by atoms with Crippen molar-refractivity contribution in [1.82, 2.24) is 4.90 Å². The molecule has 0 unspecified atom stereocenters. The highest BCUT2D eigenvalue weighted by Crippen LogP contribution is 2.30. The third-order valence-electron chi connectivity index (χ3n) is 5.03. The summed E-state index contributed by atoms with van der Waals surface area (Å²) in [7, 11) is 0. The number of piperidine rings is 1. The van der Waals surface area contributed by atoms with Gasteiger partial charge in [0.1, 0.15) is 0 Å². The van der Waals surface area contributed by atoms with Crippen LogP contribution in [0.4, 0.5) is 10.5 Å². The maximum atomic E-state index is 12.2. The highest BCUT2D eigenvalue weighted by Gasteiger charge is 2.39. The van der Waals surface area contributed by atoms with E-state index in [0.717, 1.165) is 44.5 Å². The maximum Gasteiger partial charge on any atom is 0.409 e. The van der Waals surface area contributed by atoms with E-state index in [0.29, 0.717) is 32.5 Å². The molecule has 0 aliphatic carbocycles. The van der Waals surface area contributed by atoms with Crippen LogP contribution in [0.5, 0.6) is 0 Å². The topological polar surface area (TPSA) is 91.1 Å². The van der Waals surface area contributed by atoms with E-state index in [4.69, 9.17) is 14.2 Å². The Morgan fingerprint density at radius 2 is 1.81 bits per heavy atom. The van der Waals surface area contributed by atoms with E-state index in [2.05, 4.69) is 0 Å². The number of carbonyl (C=O) groups excluding carboxylic acids is 1. The Kier molecular flexibility index (Phi) is 6.63. The molecule has 0 bridgehead atoms. The zero-order valence-electron chi connectivity index (χ0n) is 15.4. The van der Waals surface area contributed by atoms with Crippen LogP contribution in [0.25, 0.3) is 0 Å². The smallest absolute Gasteiger partial charge is 0.409 e. The summed E-state index contributed by atoms with van der Waals surface area (Å²) in [5.41, 5.74) is 1.14. The minimum Gasteiger partial charge on any atom is -0.449 e. The van der Waals surface area contributed by atoms with Gasteiger partial charge < -0.3 is 19.1 Å². The summed E-state index contributed by atoms with van der Waals surface area (Å²) in [4.78, 5) is 24.1. The lowest BCUT2D eigenvalue weighted by molar-refractivity contribution is -0.384. The Bertz CT molecular complexity index is 632. The second-order valence-electron chi connectivity index (χ2n) is 6.94. The quantitative estimate of drug-likeness (QED) is 0.429. The second-order valence-corrected chi connectivity index (χ2v) is 6.94. The lowest BCUT2D eigenvalue weighted by Crippen LogP contribution is -2.51. The van der Waals surface area contributed by atoms with E-state index in [1.807, 2.05) is 0 Å². The molecule has 1 spiro atoms. The minimum absolute atomic E-state index is 0.0972. The lowest BCUT2D eigenvalue weighted by atomic mass is 10.0.